The molecule has 1 aliphatic heterocycles. The van der Waals surface area contributed by atoms with E-state index < -0.39 is 0 Å². The summed E-state index contributed by atoms with van der Waals surface area (Å²) in [6.45, 7) is 1.57. The molecule has 3 aromatic rings. The summed E-state index contributed by atoms with van der Waals surface area (Å²) in [5.41, 5.74) is 2.12. The molecule has 35 heavy (non-hydrogen) atoms. The number of carbonyl (C=O) groups is 1. The third-order valence-electron chi connectivity index (χ3n) is 6.32. The van der Waals surface area contributed by atoms with Gasteiger partial charge in [-0.25, -0.2) is 0 Å². The van der Waals surface area contributed by atoms with Crippen LogP contribution in [0, 0.1) is 0 Å². The maximum atomic E-state index is 13.2. The summed E-state index contributed by atoms with van der Waals surface area (Å²) in [5, 5.41) is 12.3. The number of aryl methyl sites for hydroxylation is 1. The highest BCUT2D eigenvalue weighted by molar-refractivity contribution is 6.42. The molecule has 7 nitrogen and oxygen atoms in total. The van der Waals surface area contributed by atoms with E-state index in [0.717, 1.165) is 24.9 Å². The minimum Gasteiger partial charge on any atom is -0.439 e. The topological polar surface area (TPSA) is 75.3 Å². The number of benzene rings is 1. The summed E-state index contributed by atoms with van der Waals surface area (Å²) in [4.78, 5) is 15.4. The Balaban J connectivity index is 1.56. The number of amides is 1. The minimum atomic E-state index is -0.361. The second-order valence-electron chi connectivity index (χ2n) is 9.06. The maximum Gasteiger partial charge on any atom is 0.287 e. The van der Waals surface area contributed by atoms with Crippen LogP contribution >= 0.6 is 46.4 Å². The molecule has 3 atom stereocenters. The van der Waals surface area contributed by atoms with Crippen molar-refractivity contribution < 1.29 is 9.21 Å². The number of hydrogen-bond donors (Lipinski definition) is 2. The lowest BCUT2D eigenvalue weighted by Crippen LogP contribution is -2.54. The smallest absolute Gasteiger partial charge is 0.287 e. The van der Waals surface area contributed by atoms with Gasteiger partial charge in [0.1, 0.15) is 0 Å². The van der Waals surface area contributed by atoms with E-state index in [2.05, 4.69) is 34.7 Å². The molecule has 0 radical (unpaired) electrons. The van der Waals surface area contributed by atoms with Crippen molar-refractivity contribution in [1.29, 1.82) is 0 Å². The highest BCUT2D eigenvalue weighted by atomic mass is 35.5. The van der Waals surface area contributed by atoms with E-state index in [1.54, 1.807) is 23.9 Å². The van der Waals surface area contributed by atoms with E-state index in [1.165, 1.54) is 6.20 Å². The van der Waals surface area contributed by atoms with E-state index in [9.17, 15) is 4.79 Å². The van der Waals surface area contributed by atoms with Crippen molar-refractivity contribution in [1.82, 2.24) is 25.3 Å². The Morgan fingerprint density at radius 3 is 2.63 bits per heavy atom. The van der Waals surface area contributed by atoms with E-state index in [-0.39, 0.29) is 28.8 Å². The number of halogens is 4. The zero-order valence-corrected chi connectivity index (χ0v) is 22.6. The molecule has 0 spiro atoms. The molecular weight excluding hydrogens is 532 g/mol. The van der Waals surface area contributed by atoms with Crippen LogP contribution < -0.4 is 10.6 Å². The lowest BCUT2D eigenvalue weighted by Gasteiger charge is -2.38. The molecule has 1 aromatic carbocycles. The van der Waals surface area contributed by atoms with Gasteiger partial charge in [-0.1, -0.05) is 40.9 Å². The summed E-state index contributed by atoms with van der Waals surface area (Å²) < 4.78 is 7.19. The summed E-state index contributed by atoms with van der Waals surface area (Å²) in [6, 6.07) is 7.35. The quantitative estimate of drug-likeness (QED) is 0.401. The summed E-state index contributed by atoms with van der Waals surface area (Å²) in [6.07, 6.45) is 3.35. The van der Waals surface area contributed by atoms with Crippen LogP contribution in [0.4, 0.5) is 0 Å². The first-order valence-electron chi connectivity index (χ1n) is 11.2. The highest BCUT2D eigenvalue weighted by Gasteiger charge is 2.33. The SMILES string of the molecule is CN(C)CC[C@@H]1C[C@@H](c2ccc(Cl)c(Cl)c2)[C@H](NC(=O)c2cc(-c3c(Cl)cnn3C)c(Cl)o2)CN1. The Morgan fingerprint density at radius 1 is 1.20 bits per heavy atom. The number of hydrogen-bond acceptors (Lipinski definition) is 5. The molecule has 11 heteroatoms. The second-order valence-corrected chi connectivity index (χ2v) is 10.6. The van der Waals surface area contributed by atoms with Crippen molar-refractivity contribution in [2.24, 2.45) is 7.05 Å². The monoisotopic (exact) mass is 557 g/mol. The van der Waals surface area contributed by atoms with Crippen molar-refractivity contribution in [2.45, 2.75) is 30.8 Å². The van der Waals surface area contributed by atoms with Gasteiger partial charge in [0.15, 0.2) is 5.76 Å². The lowest BCUT2D eigenvalue weighted by molar-refractivity contribution is 0.0890. The van der Waals surface area contributed by atoms with E-state index in [4.69, 9.17) is 50.8 Å². The van der Waals surface area contributed by atoms with Crippen LogP contribution in [-0.2, 0) is 7.05 Å². The van der Waals surface area contributed by atoms with Crippen molar-refractivity contribution >= 4 is 52.3 Å². The molecule has 1 amide bonds. The van der Waals surface area contributed by atoms with Gasteiger partial charge in [0.05, 0.1) is 32.5 Å². The van der Waals surface area contributed by atoms with Crippen molar-refractivity contribution in [3.8, 4) is 11.3 Å². The number of furan rings is 1. The Morgan fingerprint density at radius 2 is 1.97 bits per heavy atom. The number of carbonyl (C=O) groups excluding carboxylic acids is 1. The fourth-order valence-electron chi connectivity index (χ4n) is 4.48. The molecule has 0 bridgehead atoms. The Labute approximate surface area is 224 Å². The van der Waals surface area contributed by atoms with Crippen LogP contribution in [0.5, 0.6) is 0 Å². The first-order chi connectivity index (χ1) is 16.6. The van der Waals surface area contributed by atoms with Crippen LogP contribution in [0.3, 0.4) is 0 Å². The average Bonchev–Trinajstić information content (AvgIpc) is 3.35. The van der Waals surface area contributed by atoms with Gasteiger partial charge >= 0.3 is 0 Å². The van der Waals surface area contributed by atoms with Crippen LogP contribution in [0.1, 0.15) is 34.9 Å². The zero-order valence-electron chi connectivity index (χ0n) is 19.6. The molecule has 1 saturated heterocycles. The molecule has 4 rings (SSSR count). The summed E-state index contributed by atoms with van der Waals surface area (Å²) in [5.74, 6) is -0.219. The number of aromatic nitrogens is 2. The van der Waals surface area contributed by atoms with Gasteiger partial charge in [0, 0.05) is 37.7 Å². The molecule has 1 aliphatic rings. The summed E-state index contributed by atoms with van der Waals surface area (Å²) in [7, 11) is 5.86. The predicted molar refractivity (Wildman–Crippen MR) is 141 cm³/mol. The molecule has 188 valence electrons. The van der Waals surface area contributed by atoms with Crippen LogP contribution in [0.15, 0.2) is 34.9 Å². The normalized spacial score (nSPS) is 20.4. The number of rotatable bonds is 7. The zero-order chi connectivity index (χ0) is 25.3. The second kappa shape index (κ2) is 11.1. The number of nitrogens with zero attached hydrogens (tertiary/aromatic N) is 3. The van der Waals surface area contributed by atoms with Crippen molar-refractivity contribution in [2.75, 3.05) is 27.2 Å². The highest BCUT2D eigenvalue weighted by Crippen LogP contribution is 2.36. The number of nitrogens with one attached hydrogen (secondary N) is 2. The Bertz CT molecular complexity index is 1190. The van der Waals surface area contributed by atoms with Gasteiger partial charge in [0.25, 0.3) is 5.91 Å². The Hall–Kier alpha value is -1.74. The van der Waals surface area contributed by atoms with Crippen molar-refractivity contribution in [3.63, 3.8) is 0 Å². The van der Waals surface area contributed by atoms with Gasteiger partial charge < -0.3 is 20.0 Å². The van der Waals surface area contributed by atoms with Crippen LogP contribution in [0.25, 0.3) is 11.3 Å². The van der Waals surface area contributed by atoms with Gasteiger partial charge in [-0.3, -0.25) is 9.48 Å². The molecule has 0 aliphatic carbocycles. The first-order valence-corrected chi connectivity index (χ1v) is 12.8. The summed E-state index contributed by atoms with van der Waals surface area (Å²) >= 11 is 25.0. The molecule has 0 saturated carbocycles. The van der Waals surface area contributed by atoms with Gasteiger partial charge in [0.2, 0.25) is 5.22 Å². The fraction of sp³-hybridized carbons (Fsp3) is 0.417. The van der Waals surface area contributed by atoms with Gasteiger partial charge in [-0.2, -0.15) is 5.10 Å². The molecule has 2 aromatic heterocycles. The van der Waals surface area contributed by atoms with E-state index in [0.29, 0.717) is 38.9 Å². The molecule has 3 heterocycles. The lowest BCUT2D eigenvalue weighted by atomic mass is 9.81. The van der Waals surface area contributed by atoms with Crippen molar-refractivity contribution in [3.05, 3.63) is 62.1 Å². The molecule has 1 fully saturated rings. The van der Waals surface area contributed by atoms with Gasteiger partial charge in [-0.05, 0) is 62.8 Å². The molecular formula is C24H27Cl4N5O2. The third-order valence-corrected chi connectivity index (χ3v) is 7.62. The van der Waals surface area contributed by atoms with E-state index >= 15 is 0 Å². The fourth-order valence-corrected chi connectivity index (χ4v) is 5.28. The van der Waals surface area contributed by atoms with Crippen LogP contribution in [-0.4, -0.2) is 59.9 Å². The van der Waals surface area contributed by atoms with E-state index in [1.807, 2.05) is 12.1 Å². The first kappa shape index (κ1) is 26.3. The Kier molecular flexibility index (Phi) is 8.36. The molecule has 2 N–H and O–H groups in total. The van der Waals surface area contributed by atoms with Gasteiger partial charge in [-0.15, -0.1) is 0 Å². The standard InChI is InChI=1S/C24H27Cl4N5O2/c1-32(2)7-6-14-9-15(13-4-5-17(25)18(26)8-13)20(12-29-14)31-24(34)21-10-16(23(28)35-21)22-19(27)11-30-33(22)3/h4-5,8,10-11,14-15,20,29H,6-7,9,12H2,1-3H3,(H,31,34)/t14-,15+,20-/m1/s1. The predicted octanol–water partition coefficient (Wildman–Crippen LogP) is 5.49. The largest absolute Gasteiger partial charge is 0.439 e. The number of piperidine rings is 1. The van der Waals surface area contributed by atoms with Crippen LogP contribution in [0.2, 0.25) is 20.3 Å². The average molecular weight is 559 g/mol. The maximum absolute atomic E-state index is 13.2. The molecule has 0 unspecified atom stereocenters. The minimum absolute atomic E-state index is 0.0403. The third kappa shape index (κ3) is 5.98.